The summed E-state index contributed by atoms with van der Waals surface area (Å²) in [6.45, 7) is 12.8. The number of hydrogen-bond acceptors (Lipinski definition) is 4. The third-order valence-corrected chi connectivity index (χ3v) is 4.79. The third kappa shape index (κ3) is 2.96. The van der Waals surface area contributed by atoms with E-state index in [1.54, 1.807) is 0 Å². The van der Waals surface area contributed by atoms with Crippen LogP contribution in [0.25, 0.3) is 0 Å². The molecule has 1 aromatic heterocycles. The highest BCUT2D eigenvalue weighted by Crippen LogP contribution is 2.27. The maximum atomic E-state index is 4.27. The largest absolute Gasteiger partial charge is 0.368 e. The van der Waals surface area contributed by atoms with Crippen molar-refractivity contribution >= 4 is 5.69 Å². The van der Waals surface area contributed by atoms with Gasteiger partial charge in [-0.25, -0.2) is 0 Å². The van der Waals surface area contributed by atoms with Crippen molar-refractivity contribution in [3.8, 4) is 0 Å². The molecule has 1 aromatic rings. The molecule has 0 amide bonds. The first-order valence-electron chi connectivity index (χ1n) is 7.75. The SMILES string of the molecule is Cc1ccncc1N1CCN(CC2(C)CCNC2)CC1. The van der Waals surface area contributed by atoms with E-state index in [2.05, 4.69) is 40.0 Å². The van der Waals surface area contributed by atoms with E-state index in [4.69, 9.17) is 0 Å². The van der Waals surface area contributed by atoms with Crippen molar-refractivity contribution in [1.82, 2.24) is 15.2 Å². The summed E-state index contributed by atoms with van der Waals surface area (Å²) in [7, 11) is 0. The summed E-state index contributed by atoms with van der Waals surface area (Å²) in [6, 6.07) is 2.10. The zero-order valence-corrected chi connectivity index (χ0v) is 12.7. The van der Waals surface area contributed by atoms with Crippen LogP contribution in [0.2, 0.25) is 0 Å². The first kappa shape index (κ1) is 13.8. The number of anilines is 1. The average molecular weight is 274 g/mol. The highest BCUT2D eigenvalue weighted by molar-refractivity contribution is 5.51. The smallest absolute Gasteiger partial charge is 0.0583 e. The molecule has 20 heavy (non-hydrogen) atoms. The maximum absolute atomic E-state index is 4.27. The van der Waals surface area contributed by atoms with Crippen molar-refractivity contribution in [3.05, 3.63) is 24.0 Å². The van der Waals surface area contributed by atoms with E-state index in [-0.39, 0.29) is 0 Å². The molecular weight excluding hydrogens is 248 g/mol. The monoisotopic (exact) mass is 274 g/mol. The minimum Gasteiger partial charge on any atom is -0.368 e. The zero-order chi connectivity index (χ0) is 14.0. The number of nitrogens with zero attached hydrogens (tertiary/aromatic N) is 3. The van der Waals surface area contributed by atoms with Crippen LogP contribution in [0, 0.1) is 12.3 Å². The lowest BCUT2D eigenvalue weighted by Crippen LogP contribution is -2.50. The predicted molar refractivity (Wildman–Crippen MR) is 83.2 cm³/mol. The molecule has 2 saturated heterocycles. The number of rotatable bonds is 3. The van der Waals surface area contributed by atoms with Crippen molar-refractivity contribution in [3.63, 3.8) is 0 Å². The van der Waals surface area contributed by atoms with Gasteiger partial charge in [-0.15, -0.1) is 0 Å². The average Bonchev–Trinajstić information content (AvgIpc) is 2.87. The van der Waals surface area contributed by atoms with Gasteiger partial charge in [0.15, 0.2) is 0 Å². The highest BCUT2D eigenvalue weighted by atomic mass is 15.3. The van der Waals surface area contributed by atoms with E-state index in [1.165, 1.54) is 50.4 Å². The number of aryl methyl sites for hydroxylation is 1. The molecule has 0 radical (unpaired) electrons. The van der Waals surface area contributed by atoms with Gasteiger partial charge >= 0.3 is 0 Å². The van der Waals surface area contributed by atoms with Crippen LogP contribution < -0.4 is 10.2 Å². The van der Waals surface area contributed by atoms with Crippen LogP contribution in [-0.2, 0) is 0 Å². The van der Waals surface area contributed by atoms with Gasteiger partial charge in [-0.3, -0.25) is 9.88 Å². The van der Waals surface area contributed by atoms with Gasteiger partial charge in [-0.2, -0.15) is 0 Å². The number of aromatic nitrogens is 1. The Morgan fingerprint density at radius 3 is 2.75 bits per heavy atom. The summed E-state index contributed by atoms with van der Waals surface area (Å²) in [5.74, 6) is 0. The van der Waals surface area contributed by atoms with E-state index in [0.29, 0.717) is 5.41 Å². The molecular formula is C16H26N4. The minimum atomic E-state index is 0.479. The van der Waals surface area contributed by atoms with Crippen LogP contribution in [0.1, 0.15) is 18.9 Å². The molecule has 3 heterocycles. The summed E-state index contributed by atoms with van der Waals surface area (Å²) in [5, 5.41) is 3.50. The lowest BCUT2D eigenvalue weighted by atomic mass is 9.89. The molecule has 3 rings (SSSR count). The van der Waals surface area contributed by atoms with Crippen molar-refractivity contribution < 1.29 is 0 Å². The quantitative estimate of drug-likeness (QED) is 0.905. The first-order chi connectivity index (χ1) is 9.66. The van der Waals surface area contributed by atoms with E-state index in [9.17, 15) is 0 Å². The maximum Gasteiger partial charge on any atom is 0.0583 e. The Labute approximate surface area is 122 Å². The second-order valence-corrected chi connectivity index (χ2v) is 6.66. The molecule has 0 bridgehead atoms. The highest BCUT2D eigenvalue weighted by Gasteiger charge is 2.31. The van der Waals surface area contributed by atoms with Gasteiger partial charge < -0.3 is 10.2 Å². The predicted octanol–water partition coefficient (Wildman–Crippen LogP) is 1.51. The second-order valence-electron chi connectivity index (χ2n) is 6.66. The van der Waals surface area contributed by atoms with Gasteiger partial charge in [0.2, 0.25) is 0 Å². The molecule has 0 aromatic carbocycles. The molecule has 0 saturated carbocycles. The summed E-state index contributed by atoms with van der Waals surface area (Å²) in [5.41, 5.74) is 3.12. The van der Waals surface area contributed by atoms with Crippen LogP contribution >= 0.6 is 0 Å². The number of nitrogens with one attached hydrogen (secondary N) is 1. The third-order valence-electron chi connectivity index (χ3n) is 4.79. The van der Waals surface area contributed by atoms with Crippen LogP contribution in [-0.4, -0.2) is 55.7 Å². The van der Waals surface area contributed by atoms with Crippen molar-refractivity contribution in [2.45, 2.75) is 20.3 Å². The molecule has 1 atom stereocenters. The molecule has 4 nitrogen and oxygen atoms in total. The lowest BCUT2D eigenvalue weighted by molar-refractivity contribution is 0.169. The van der Waals surface area contributed by atoms with Gasteiger partial charge in [0.1, 0.15) is 0 Å². The van der Waals surface area contributed by atoms with E-state index < -0.39 is 0 Å². The summed E-state index contributed by atoms with van der Waals surface area (Å²) < 4.78 is 0. The van der Waals surface area contributed by atoms with Gasteiger partial charge in [0.25, 0.3) is 0 Å². The molecule has 1 N–H and O–H groups in total. The van der Waals surface area contributed by atoms with Crippen LogP contribution in [0.5, 0.6) is 0 Å². The van der Waals surface area contributed by atoms with Gasteiger partial charge in [0, 0.05) is 45.5 Å². The Kier molecular flexibility index (Phi) is 3.94. The number of hydrogen-bond donors (Lipinski definition) is 1. The fourth-order valence-electron chi connectivity index (χ4n) is 3.48. The first-order valence-corrected chi connectivity index (χ1v) is 7.75. The second kappa shape index (κ2) is 5.70. The molecule has 2 aliphatic rings. The van der Waals surface area contributed by atoms with Gasteiger partial charge in [-0.1, -0.05) is 6.92 Å². The molecule has 110 valence electrons. The standard InChI is InChI=1S/C16H26N4/c1-14-3-5-17-11-15(14)20-9-7-19(8-10-20)13-16(2)4-6-18-12-16/h3,5,11,18H,4,6-10,12-13H2,1-2H3. The van der Waals surface area contributed by atoms with E-state index in [0.717, 1.165) is 13.1 Å². The van der Waals surface area contributed by atoms with Crippen LogP contribution in [0.15, 0.2) is 18.5 Å². The number of piperazine rings is 1. The van der Waals surface area contributed by atoms with Crippen LogP contribution in [0.4, 0.5) is 5.69 Å². The molecule has 0 aliphatic carbocycles. The molecule has 0 spiro atoms. The summed E-state index contributed by atoms with van der Waals surface area (Å²) in [6.07, 6.45) is 5.20. The Morgan fingerprint density at radius 1 is 1.30 bits per heavy atom. The van der Waals surface area contributed by atoms with Gasteiger partial charge in [0.05, 0.1) is 11.9 Å². The number of pyridine rings is 1. The summed E-state index contributed by atoms with van der Waals surface area (Å²) in [4.78, 5) is 9.38. The zero-order valence-electron chi connectivity index (χ0n) is 12.7. The topological polar surface area (TPSA) is 31.4 Å². The molecule has 1 unspecified atom stereocenters. The van der Waals surface area contributed by atoms with E-state index >= 15 is 0 Å². The minimum absolute atomic E-state index is 0.479. The normalized spacial score (nSPS) is 28.0. The molecule has 2 fully saturated rings. The Morgan fingerprint density at radius 2 is 2.10 bits per heavy atom. The van der Waals surface area contributed by atoms with E-state index in [1.807, 2.05) is 12.4 Å². The Hall–Kier alpha value is -1.13. The molecule has 4 heteroatoms. The van der Waals surface area contributed by atoms with Crippen molar-refractivity contribution in [2.75, 3.05) is 50.7 Å². The molecule has 2 aliphatic heterocycles. The fourth-order valence-corrected chi connectivity index (χ4v) is 3.48. The fraction of sp³-hybridized carbons (Fsp3) is 0.688. The Bertz CT molecular complexity index is 446. The van der Waals surface area contributed by atoms with Crippen molar-refractivity contribution in [2.24, 2.45) is 5.41 Å². The van der Waals surface area contributed by atoms with Crippen molar-refractivity contribution in [1.29, 1.82) is 0 Å². The Balaban J connectivity index is 1.56. The summed E-state index contributed by atoms with van der Waals surface area (Å²) >= 11 is 0. The van der Waals surface area contributed by atoms with Gasteiger partial charge in [-0.05, 0) is 36.9 Å². The lowest BCUT2D eigenvalue weighted by Gasteiger charge is -2.39. The van der Waals surface area contributed by atoms with Crippen LogP contribution in [0.3, 0.4) is 0 Å².